The van der Waals surface area contributed by atoms with Gasteiger partial charge in [0.2, 0.25) is 0 Å². The topological polar surface area (TPSA) is 149 Å². The number of ether oxygens (including phenoxy) is 2. The molecule has 0 saturated heterocycles. The van der Waals surface area contributed by atoms with E-state index >= 15 is 0 Å². The average Bonchev–Trinajstić information content (AvgIpc) is 3.17. The van der Waals surface area contributed by atoms with Crippen LogP contribution in [0.3, 0.4) is 0 Å². The van der Waals surface area contributed by atoms with Gasteiger partial charge >= 0.3 is 19.8 Å². The number of allylic oxidation sites excluding steroid dienone is 12. The van der Waals surface area contributed by atoms with E-state index in [0.29, 0.717) is 12.8 Å². The number of unbranched alkanes of at least 4 members (excludes halogenated alkanes) is 12. The predicted molar refractivity (Wildman–Crippen MR) is 223 cm³/mol. The van der Waals surface area contributed by atoms with Crippen LogP contribution in [0.2, 0.25) is 0 Å². The van der Waals surface area contributed by atoms with Crippen LogP contribution in [0.4, 0.5) is 0 Å². The van der Waals surface area contributed by atoms with Crippen LogP contribution in [0.15, 0.2) is 72.9 Å². The van der Waals surface area contributed by atoms with Crippen molar-refractivity contribution < 1.29 is 47.8 Å². The van der Waals surface area contributed by atoms with Gasteiger partial charge in [-0.3, -0.25) is 18.6 Å². The fourth-order valence-corrected chi connectivity index (χ4v) is 5.98. The Morgan fingerprint density at radius 2 is 0.855 bits per heavy atom. The van der Waals surface area contributed by atoms with Crippen molar-refractivity contribution >= 4 is 19.8 Å². The highest BCUT2D eigenvalue weighted by Crippen LogP contribution is 2.43. The van der Waals surface area contributed by atoms with Crippen molar-refractivity contribution in [2.45, 2.75) is 167 Å². The molecule has 0 aliphatic rings. The van der Waals surface area contributed by atoms with Gasteiger partial charge in [0, 0.05) is 12.8 Å². The summed E-state index contributed by atoms with van der Waals surface area (Å²) >= 11 is 0. The van der Waals surface area contributed by atoms with Gasteiger partial charge in [-0.1, -0.05) is 132 Å². The third-order valence-corrected chi connectivity index (χ3v) is 9.35. The van der Waals surface area contributed by atoms with E-state index in [1.54, 1.807) is 0 Å². The first-order chi connectivity index (χ1) is 26.8. The van der Waals surface area contributed by atoms with E-state index in [2.05, 4.69) is 86.8 Å². The minimum atomic E-state index is -4.65. The third kappa shape index (κ3) is 38.1. The summed E-state index contributed by atoms with van der Waals surface area (Å²) in [5.74, 6) is -1.07. The van der Waals surface area contributed by atoms with Crippen molar-refractivity contribution in [2.24, 2.45) is 0 Å². The number of aliphatic hydroxyl groups is 2. The highest BCUT2D eigenvalue weighted by molar-refractivity contribution is 7.47. The van der Waals surface area contributed by atoms with Gasteiger partial charge in [-0.15, -0.1) is 0 Å². The van der Waals surface area contributed by atoms with Gasteiger partial charge < -0.3 is 24.6 Å². The lowest BCUT2D eigenvalue weighted by Gasteiger charge is -2.20. The molecule has 0 fully saturated rings. The van der Waals surface area contributed by atoms with Crippen molar-refractivity contribution in [1.29, 1.82) is 0 Å². The number of esters is 2. The molecular weight excluding hydrogens is 719 g/mol. The lowest BCUT2D eigenvalue weighted by molar-refractivity contribution is -0.153. The quantitative estimate of drug-likeness (QED) is 0.0239. The van der Waals surface area contributed by atoms with Crippen molar-refractivity contribution in [3.8, 4) is 0 Å². The number of rotatable bonds is 38. The monoisotopic (exact) mass is 795 g/mol. The normalized spacial score (nSPS) is 14.6. The second-order valence-corrected chi connectivity index (χ2v) is 15.0. The van der Waals surface area contributed by atoms with Crippen molar-refractivity contribution in [3.63, 3.8) is 0 Å². The van der Waals surface area contributed by atoms with Crippen molar-refractivity contribution in [1.82, 2.24) is 0 Å². The Morgan fingerprint density at radius 1 is 0.509 bits per heavy atom. The second-order valence-electron chi connectivity index (χ2n) is 13.6. The minimum absolute atomic E-state index is 0.152. The van der Waals surface area contributed by atoms with Gasteiger partial charge in [-0.2, -0.15) is 0 Å². The molecule has 11 heteroatoms. The van der Waals surface area contributed by atoms with Crippen LogP contribution >= 0.6 is 7.82 Å². The molecule has 0 aliphatic carbocycles. The molecule has 0 spiro atoms. The summed E-state index contributed by atoms with van der Waals surface area (Å²) in [6.45, 7) is 1.99. The maximum Gasteiger partial charge on any atom is 0.472 e. The highest BCUT2D eigenvalue weighted by Gasteiger charge is 2.27. The highest BCUT2D eigenvalue weighted by atomic mass is 31.2. The first kappa shape index (κ1) is 52.4. The Balaban J connectivity index is 4.00. The molecule has 3 N–H and O–H groups in total. The first-order valence-electron chi connectivity index (χ1n) is 20.9. The van der Waals surface area contributed by atoms with Gasteiger partial charge in [0.15, 0.2) is 0 Å². The van der Waals surface area contributed by atoms with Gasteiger partial charge in [-0.25, -0.2) is 4.57 Å². The Morgan fingerprint density at radius 3 is 1.25 bits per heavy atom. The van der Waals surface area contributed by atoms with E-state index in [1.807, 2.05) is 0 Å². The van der Waals surface area contributed by atoms with E-state index in [1.165, 1.54) is 25.7 Å². The molecule has 0 aromatic rings. The molecule has 0 aromatic carbocycles. The summed E-state index contributed by atoms with van der Waals surface area (Å²) in [7, 11) is -4.65. The van der Waals surface area contributed by atoms with Gasteiger partial charge in [-0.05, 0) is 83.5 Å². The number of carbonyl (C=O) groups excluding carboxylic acids is 2. The average molecular weight is 795 g/mol. The zero-order valence-electron chi connectivity index (χ0n) is 34.1. The summed E-state index contributed by atoms with van der Waals surface area (Å²) in [6.07, 6.45) is 44.5. The van der Waals surface area contributed by atoms with Crippen LogP contribution in [0.1, 0.15) is 155 Å². The Hall–Kier alpha value is -2.59. The summed E-state index contributed by atoms with van der Waals surface area (Å²) in [4.78, 5) is 34.4. The smallest absolute Gasteiger partial charge is 0.457 e. The fourth-order valence-electron chi connectivity index (χ4n) is 5.19. The maximum absolute atomic E-state index is 12.3. The summed E-state index contributed by atoms with van der Waals surface area (Å²) in [5, 5.41) is 19.1. The van der Waals surface area contributed by atoms with E-state index in [4.69, 9.17) is 18.5 Å². The zero-order valence-corrected chi connectivity index (χ0v) is 35.0. The predicted octanol–water partition coefficient (Wildman–Crippen LogP) is 10.9. The SMILES string of the molecule is CC/C=C\C/C=C\C/C=C\CCCCCC(=O)OC(CO)COP(=O)(O)OCC(CO)OC(=O)CCCCCCCC/C=C\C/C=C\C/C=C\CCCCC. The van der Waals surface area contributed by atoms with Crippen LogP contribution in [-0.2, 0) is 32.7 Å². The molecule has 316 valence electrons. The number of phosphoric ester groups is 1. The lowest BCUT2D eigenvalue weighted by Crippen LogP contribution is -2.28. The molecule has 55 heavy (non-hydrogen) atoms. The number of carbonyl (C=O) groups is 2. The van der Waals surface area contributed by atoms with Crippen LogP contribution in [0.5, 0.6) is 0 Å². The second kappa shape index (κ2) is 39.6. The van der Waals surface area contributed by atoms with E-state index in [-0.39, 0.29) is 12.8 Å². The molecule has 0 saturated carbocycles. The standard InChI is InChI=1S/C44H75O10P/c1-3-5-7-9-11-13-15-17-18-19-20-21-22-24-26-28-30-32-34-36-44(48)54-42(38-46)40-52-55(49,50)51-39-41(37-45)53-43(47)35-33-31-29-27-25-23-16-14-12-10-8-6-4-2/h6,8,11-14,17-18,20-21,23,25,41-42,45-46H,3-5,7,9-10,15-16,19,22,24,26-40H2,1-2H3,(H,49,50)/b8-6-,13-11-,14-12-,18-17-,21-20-,25-23-. The van der Waals surface area contributed by atoms with Crippen molar-refractivity contribution in [2.75, 3.05) is 26.4 Å². The molecule has 3 unspecified atom stereocenters. The van der Waals surface area contributed by atoms with Gasteiger partial charge in [0.1, 0.15) is 12.2 Å². The van der Waals surface area contributed by atoms with Gasteiger partial charge in [0.05, 0.1) is 26.4 Å². The van der Waals surface area contributed by atoms with Crippen LogP contribution in [0, 0.1) is 0 Å². The molecule has 0 amide bonds. The first-order valence-corrected chi connectivity index (χ1v) is 22.4. The molecule has 0 rings (SSSR count). The van der Waals surface area contributed by atoms with Crippen LogP contribution in [-0.4, -0.2) is 65.7 Å². The van der Waals surface area contributed by atoms with E-state index < -0.39 is 58.4 Å². The molecule has 0 heterocycles. The molecular formula is C44H75O10P. The summed E-state index contributed by atoms with van der Waals surface area (Å²) in [6, 6.07) is 0. The molecule has 0 aliphatic heterocycles. The number of aliphatic hydroxyl groups excluding tert-OH is 2. The fraction of sp³-hybridized carbons (Fsp3) is 0.682. The largest absolute Gasteiger partial charge is 0.472 e. The summed E-state index contributed by atoms with van der Waals surface area (Å²) < 4.78 is 32.5. The molecule has 3 atom stereocenters. The van der Waals surface area contributed by atoms with Crippen molar-refractivity contribution in [3.05, 3.63) is 72.9 Å². The van der Waals surface area contributed by atoms with E-state index in [9.17, 15) is 29.3 Å². The Kier molecular flexibility index (Phi) is 37.8. The van der Waals surface area contributed by atoms with Gasteiger partial charge in [0.25, 0.3) is 0 Å². The number of hydrogen-bond donors (Lipinski definition) is 3. The molecule has 10 nitrogen and oxygen atoms in total. The number of hydrogen-bond acceptors (Lipinski definition) is 9. The number of phosphoric acid groups is 1. The molecule has 0 radical (unpaired) electrons. The maximum atomic E-state index is 12.3. The third-order valence-electron chi connectivity index (χ3n) is 8.40. The minimum Gasteiger partial charge on any atom is -0.457 e. The Labute approximate surface area is 333 Å². The molecule has 0 bridgehead atoms. The van der Waals surface area contributed by atoms with Crippen LogP contribution in [0.25, 0.3) is 0 Å². The summed E-state index contributed by atoms with van der Waals surface area (Å²) in [5.41, 5.74) is 0. The van der Waals surface area contributed by atoms with E-state index in [0.717, 1.165) is 89.9 Å². The lowest BCUT2D eigenvalue weighted by atomic mass is 10.1. The van der Waals surface area contributed by atoms with Crippen LogP contribution < -0.4 is 0 Å². The zero-order chi connectivity index (χ0) is 40.5. The molecule has 0 aromatic heterocycles. The Bertz CT molecular complexity index is 1140.